The maximum atomic E-state index is 6.07. The molecule has 0 saturated carbocycles. The van der Waals surface area contributed by atoms with Crippen LogP contribution in [0.2, 0.25) is 0 Å². The molecule has 2 fully saturated rings. The standard InChI is InChI=1S/C21H31N3O/c1-22-12-14-23(15-13-22)11-9-19-7-4-5-10-24(19)17-20-16-18-6-2-3-8-21(18)25-20/h2-3,6,8,16,19H,4-5,7,9-15,17H2,1H3/t19-/m0/s1. The van der Waals surface area contributed by atoms with Crippen LogP contribution >= 0.6 is 0 Å². The highest BCUT2D eigenvalue weighted by molar-refractivity contribution is 5.77. The first-order valence-corrected chi connectivity index (χ1v) is 9.90. The van der Waals surface area contributed by atoms with Crippen LogP contribution in [-0.2, 0) is 6.54 Å². The van der Waals surface area contributed by atoms with Gasteiger partial charge in [0.05, 0.1) is 6.54 Å². The van der Waals surface area contributed by atoms with Crippen LogP contribution in [0.25, 0.3) is 11.0 Å². The van der Waals surface area contributed by atoms with Gasteiger partial charge in [0, 0.05) is 37.6 Å². The quantitative estimate of drug-likeness (QED) is 0.831. The van der Waals surface area contributed by atoms with E-state index < -0.39 is 0 Å². The molecule has 0 radical (unpaired) electrons. The first-order valence-electron chi connectivity index (χ1n) is 9.90. The van der Waals surface area contributed by atoms with Crippen molar-refractivity contribution in [3.63, 3.8) is 0 Å². The summed E-state index contributed by atoms with van der Waals surface area (Å²) >= 11 is 0. The number of hydrogen-bond acceptors (Lipinski definition) is 4. The maximum Gasteiger partial charge on any atom is 0.134 e. The first kappa shape index (κ1) is 17.1. The third-order valence-corrected chi connectivity index (χ3v) is 5.96. The van der Waals surface area contributed by atoms with Crippen LogP contribution in [0.3, 0.4) is 0 Å². The number of hydrogen-bond donors (Lipinski definition) is 0. The zero-order chi connectivity index (χ0) is 17.1. The van der Waals surface area contributed by atoms with Gasteiger partial charge < -0.3 is 14.2 Å². The number of rotatable bonds is 5. The largest absolute Gasteiger partial charge is 0.460 e. The Morgan fingerprint density at radius 2 is 1.88 bits per heavy atom. The van der Waals surface area contributed by atoms with E-state index in [4.69, 9.17) is 4.42 Å². The highest BCUT2D eigenvalue weighted by Gasteiger charge is 2.24. The molecule has 0 unspecified atom stereocenters. The highest BCUT2D eigenvalue weighted by atomic mass is 16.3. The molecule has 2 aliphatic heterocycles. The van der Waals surface area contributed by atoms with Gasteiger partial charge in [-0.25, -0.2) is 0 Å². The molecule has 4 rings (SSSR count). The summed E-state index contributed by atoms with van der Waals surface area (Å²) in [6.45, 7) is 8.31. The molecule has 1 atom stereocenters. The number of fused-ring (bicyclic) bond motifs is 1. The van der Waals surface area contributed by atoms with Crippen molar-refractivity contribution in [1.29, 1.82) is 0 Å². The molecule has 1 aromatic carbocycles. The third-order valence-electron chi connectivity index (χ3n) is 5.96. The molecule has 4 heteroatoms. The van der Waals surface area contributed by atoms with Crippen LogP contribution in [0, 0.1) is 0 Å². The lowest BCUT2D eigenvalue weighted by molar-refractivity contribution is 0.0969. The summed E-state index contributed by atoms with van der Waals surface area (Å²) in [5.41, 5.74) is 1.02. The lowest BCUT2D eigenvalue weighted by Crippen LogP contribution is -2.47. The lowest BCUT2D eigenvalue weighted by atomic mass is 9.98. The van der Waals surface area contributed by atoms with Crippen molar-refractivity contribution in [2.24, 2.45) is 0 Å². The highest BCUT2D eigenvalue weighted by Crippen LogP contribution is 2.25. The molecule has 0 bridgehead atoms. The Hall–Kier alpha value is -1.36. The van der Waals surface area contributed by atoms with E-state index in [9.17, 15) is 0 Å². The molecule has 4 nitrogen and oxygen atoms in total. The molecule has 0 N–H and O–H groups in total. The second-order valence-electron chi connectivity index (χ2n) is 7.80. The van der Waals surface area contributed by atoms with Crippen LogP contribution in [0.1, 0.15) is 31.4 Å². The van der Waals surface area contributed by atoms with Crippen molar-refractivity contribution in [2.45, 2.75) is 38.3 Å². The molecule has 0 amide bonds. The Labute approximate surface area is 151 Å². The number of para-hydroxylation sites is 1. The molecule has 2 aliphatic rings. The third kappa shape index (κ3) is 4.25. The lowest BCUT2D eigenvalue weighted by Gasteiger charge is -2.38. The summed E-state index contributed by atoms with van der Waals surface area (Å²) in [7, 11) is 2.23. The SMILES string of the molecule is CN1CCN(CC[C@@H]2CCCCN2Cc2cc3ccccc3o2)CC1. The normalized spacial score (nSPS) is 24.1. The Kier molecular flexibility index (Phi) is 5.39. The van der Waals surface area contributed by atoms with Gasteiger partial charge in [-0.05, 0) is 51.5 Å². The minimum atomic E-state index is 0.710. The van der Waals surface area contributed by atoms with Crippen molar-refractivity contribution in [2.75, 3.05) is 46.3 Å². The van der Waals surface area contributed by atoms with Crippen LogP contribution in [0.15, 0.2) is 34.7 Å². The van der Waals surface area contributed by atoms with E-state index >= 15 is 0 Å². The molecule has 136 valence electrons. The van der Waals surface area contributed by atoms with Gasteiger partial charge in [0.25, 0.3) is 0 Å². The van der Waals surface area contributed by atoms with E-state index in [-0.39, 0.29) is 0 Å². The van der Waals surface area contributed by atoms with E-state index in [1.807, 2.05) is 0 Å². The van der Waals surface area contributed by atoms with Crippen molar-refractivity contribution in [1.82, 2.24) is 14.7 Å². The van der Waals surface area contributed by atoms with Crippen LogP contribution < -0.4 is 0 Å². The van der Waals surface area contributed by atoms with E-state index in [2.05, 4.69) is 52.1 Å². The van der Waals surface area contributed by atoms with Crippen molar-refractivity contribution in [3.8, 4) is 0 Å². The minimum Gasteiger partial charge on any atom is -0.460 e. The molecular formula is C21H31N3O. The van der Waals surface area contributed by atoms with Crippen molar-refractivity contribution < 1.29 is 4.42 Å². The summed E-state index contributed by atoms with van der Waals surface area (Å²) < 4.78 is 6.07. The average molecular weight is 341 g/mol. The minimum absolute atomic E-state index is 0.710. The molecule has 25 heavy (non-hydrogen) atoms. The van der Waals surface area contributed by atoms with Gasteiger partial charge >= 0.3 is 0 Å². The van der Waals surface area contributed by atoms with E-state index in [1.54, 1.807) is 0 Å². The van der Waals surface area contributed by atoms with E-state index in [0.29, 0.717) is 6.04 Å². The molecule has 2 aromatic rings. The number of benzene rings is 1. The van der Waals surface area contributed by atoms with Gasteiger partial charge in [-0.1, -0.05) is 24.6 Å². The molecule has 3 heterocycles. The topological polar surface area (TPSA) is 22.9 Å². The number of piperidine rings is 1. The second kappa shape index (κ2) is 7.90. The zero-order valence-electron chi connectivity index (χ0n) is 15.5. The zero-order valence-corrected chi connectivity index (χ0v) is 15.5. The first-order chi connectivity index (χ1) is 12.3. The number of nitrogens with zero attached hydrogens (tertiary/aromatic N) is 3. The van der Waals surface area contributed by atoms with Crippen LogP contribution in [0.4, 0.5) is 0 Å². The Morgan fingerprint density at radius 1 is 1.04 bits per heavy atom. The summed E-state index contributed by atoms with van der Waals surface area (Å²) in [6.07, 6.45) is 5.34. The Morgan fingerprint density at radius 3 is 2.72 bits per heavy atom. The summed E-state index contributed by atoms with van der Waals surface area (Å²) in [5, 5.41) is 1.23. The molecule has 0 aliphatic carbocycles. The Bertz CT molecular complexity index is 642. The van der Waals surface area contributed by atoms with Crippen LogP contribution in [-0.4, -0.2) is 67.1 Å². The summed E-state index contributed by atoms with van der Waals surface area (Å²) in [4.78, 5) is 7.75. The number of piperazine rings is 1. The average Bonchev–Trinajstić information content (AvgIpc) is 3.05. The number of furan rings is 1. The Balaban J connectivity index is 1.35. The summed E-state index contributed by atoms with van der Waals surface area (Å²) in [6, 6.07) is 11.3. The molecule has 1 aromatic heterocycles. The van der Waals surface area contributed by atoms with E-state index in [1.165, 1.54) is 70.3 Å². The van der Waals surface area contributed by atoms with Gasteiger partial charge in [0.2, 0.25) is 0 Å². The van der Waals surface area contributed by atoms with Crippen LogP contribution in [0.5, 0.6) is 0 Å². The van der Waals surface area contributed by atoms with E-state index in [0.717, 1.165) is 17.9 Å². The fraction of sp³-hybridized carbons (Fsp3) is 0.619. The predicted octanol–water partition coefficient (Wildman–Crippen LogP) is 3.42. The van der Waals surface area contributed by atoms with Gasteiger partial charge in [0.1, 0.15) is 11.3 Å². The fourth-order valence-electron chi connectivity index (χ4n) is 4.31. The number of likely N-dealkylation sites (tertiary alicyclic amines) is 1. The fourth-order valence-corrected chi connectivity index (χ4v) is 4.31. The molecule has 2 saturated heterocycles. The van der Waals surface area contributed by atoms with Gasteiger partial charge in [-0.2, -0.15) is 0 Å². The van der Waals surface area contributed by atoms with Crippen molar-refractivity contribution >= 4 is 11.0 Å². The van der Waals surface area contributed by atoms with Gasteiger partial charge in [-0.3, -0.25) is 4.90 Å². The number of likely N-dealkylation sites (N-methyl/N-ethyl adjacent to an activating group) is 1. The van der Waals surface area contributed by atoms with Gasteiger partial charge in [-0.15, -0.1) is 0 Å². The monoisotopic (exact) mass is 341 g/mol. The molecule has 0 spiro atoms. The summed E-state index contributed by atoms with van der Waals surface area (Å²) in [5.74, 6) is 1.12. The molecular weight excluding hydrogens is 310 g/mol. The maximum absolute atomic E-state index is 6.07. The van der Waals surface area contributed by atoms with Gasteiger partial charge in [0.15, 0.2) is 0 Å². The second-order valence-corrected chi connectivity index (χ2v) is 7.80. The van der Waals surface area contributed by atoms with Crippen molar-refractivity contribution in [3.05, 3.63) is 36.1 Å². The smallest absolute Gasteiger partial charge is 0.134 e. The predicted molar refractivity (Wildman–Crippen MR) is 103 cm³/mol.